The first kappa shape index (κ1) is 21.3. The maximum atomic E-state index is 12.6. The summed E-state index contributed by atoms with van der Waals surface area (Å²) in [5.41, 5.74) is 1.24. The monoisotopic (exact) mass is 422 g/mol. The summed E-state index contributed by atoms with van der Waals surface area (Å²) in [4.78, 5) is 21.7. The van der Waals surface area contributed by atoms with Crippen molar-refractivity contribution in [2.45, 2.75) is 57.8 Å². The predicted octanol–water partition coefficient (Wildman–Crippen LogP) is 3.05. The van der Waals surface area contributed by atoms with Crippen molar-refractivity contribution < 1.29 is 4.79 Å². The SMILES string of the molecule is CC(C)n1cnnc1SCC(=O)N1CCN(Cc2csc(C(C)(C)C)n2)CC1. The molecule has 0 N–H and O–H groups in total. The summed E-state index contributed by atoms with van der Waals surface area (Å²) in [5, 5.41) is 12.2. The molecular formula is C19H30N6OS2. The first-order valence-electron chi connectivity index (χ1n) is 9.71. The summed E-state index contributed by atoms with van der Waals surface area (Å²) in [7, 11) is 0. The van der Waals surface area contributed by atoms with E-state index < -0.39 is 0 Å². The number of nitrogens with zero attached hydrogens (tertiary/aromatic N) is 6. The molecule has 0 aromatic carbocycles. The van der Waals surface area contributed by atoms with Crippen LogP contribution in [0.3, 0.4) is 0 Å². The van der Waals surface area contributed by atoms with E-state index in [2.05, 4.69) is 55.1 Å². The van der Waals surface area contributed by atoms with Crippen LogP contribution in [0.1, 0.15) is 51.4 Å². The summed E-state index contributed by atoms with van der Waals surface area (Å²) >= 11 is 3.21. The zero-order chi connectivity index (χ0) is 20.3. The Morgan fingerprint density at radius 3 is 2.57 bits per heavy atom. The molecule has 1 aliphatic heterocycles. The molecule has 2 aromatic rings. The fourth-order valence-corrected chi connectivity index (χ4v) is 4.86. The minimum absolute atomic E-state index is 0.103. The first-order chi connectivity index (χ1) is 13.2. The minimum atomic E-state index is 0.103. The standard InChI is InChI=1S/C19H30N6OS2/c1-14(2)25-13-20-22-18(25)28-12-16(26)24-8-6-23(7-9-24)10-15-11-27-17(21-15)19(3,4)5/h11,13-14H,6-10,12H2,1-5H3. The van der Waals surface area contributed by atoms with Crippen molar-refractivity contribution in [3.63, 3.8) is 0 Å². The molecule has 0 atom stereocenters. The van der Waals surface area contributed by atoms with Gasteiger partial charge in [-0.25, -0.2) is 4.98 Å². The molecule has 1 amide bonds. The normalized spacial score (nSPS) is 16.1. The molecule has 28 heavy (non-hydrogen) atoms. The molecule has 1 saturated heterocycles. The predicted molar refractivity (Wildman–Crippen MR) is 114 cm³/mol. The second-order valence-electron chi connectivity index (χ2n) is 8.45. The van der Waals surface area contributed by atoms with Crippen LogP contribution in [0.4, 0.5) is 0 Å². The van der Waals surface area contributed by atoms with E-state index in [4.69, 9.17) is 4.98 Å². The van der Waals surface area contributed by atoms with Crippen molar-refractivity contribution in [1.82, 2.24) is 29.5 Å². The molecular weight excluding hydrogens is 392 g/mol. The van der Waals surface area contributed by atoms with Gasteiger partial charge in [-0.15, -0.1) is 21.5 Å². The Balaban J connectivity index is 1.45. The van der Waals surface area contributed by atoms with Crippen LogP contribution in [0.2, 0.25) is 0 Å². The smallest absolute Gasteiger partial charge is 0.233 e. The maximum absolute atomic E-state index is 12.6. The Labute approximate surface area is 175 Å². The summed E-state index contributed by atoms with van der Waals surface area (Å²) in [6.45, 7) is 14.9. The fraction of sp³-hybridized carbons (Fsp3) is 0.684. The molecule has 0 aliphatic carbocycles. The summed E-state index contributed by atoms with van der Waals surface area (Å²) in [6, 6.07) is 0.292. The van der Waals surface area contributed by atoms with Gasteiger partial charge in [-0.1, -0.05) is 32.5 Å². The van der Waals surface area contributed by atoms with Gasteiger partial charge < -0.3 is 9.47 Å². The van der Waals surface area contributed by atoms with E-state index in [1.165, 1.54) is 16.8 Å². The Hall–Kier alpha value is -1.45. The number of carbonyl (C=O) groups is 1. The maximum Gasteiger partial charge on any atom is 0.233 e. The van der Waals surface area contributed by atoms with Gasteiger partial charge in [-0.2, -0.15) is 0 Å². The van der Waals surface area contributed by atoms with Gasteiger partial charge in [0, 0.05) is 49.6 Å². The fourth-order valence-electron chi connectivity index (χ4n) is 3.02. The van der Waals surface area contributed by atoms with Crippen LogP contribution >= 0.6 is 23.1 Å². The molecule has 2 aromatic heterocycles. The van der Waals surface area contributed by atoms with Gasteiger partial charge in [-0.05, 0) is 13.8 Å². The minimum Gasteiger partial charge on any atom is -0.339 e. The lowest BCUT2D eigenvalue weighted by Gasteiger charge is -2.34. The van der Waals surface area contributed by atoms with Crippen LogP contribution in [0, 0.1) is 0 Å². The van der Waals surface area contributed by atoms with Crippen LogP contribution in [-0.4, -0.2) is 67.4 Å². The number of rotatable bonds is 6. The average molecular weight is 423 g/mol. The first-order valence-corrected chi connectivity index (χ1v) is 11.6. The molecule has 1 aliphatic rings. The van der Waals surface area contributed by atoms with E-state index in [0.717, 1.165) is 43.6 Å². The number of hydrogen-bond donors (Lipinski definition) is 0. The lowest BCUT2D eigenvalue weighted by atomic mass is 9.98. The van der Waals surface area contributed by atoms with E-state index in [9.17, 15) is 4.79 Å². The van der Waals surface area contributed by atoms with Crippen LogP contribution in [0.15, 0.2) is 16.9 Å². The molecule has 0 radical (unpaired) electrons. The Morgan fingerprint density at radius 1 is 1.25 bits per heavy atom. The van der Waals surface area contributed by atoms with Crippen molar-refractivity contribution in [2.75, 3.05) is 31.9 Å². The number of amides is 1. The lowest BCUT2D eigenvalue weighted by Crippen LogP contribution is -2.48. The van der Waals surface area contributed by atoms with Gasteiger partial charge in [0.25, 0.3) is 0 Å². The summed E-state index contributed by atoms with van der Waals surface area (Å²) in [6.07, 6.45) is 1.72. The highest BCUT2D eigenvalue weighted by atomic mass is 32.2. The summed E-state index contributed by atoms with van der Waals surface area (Å²) in [5.74, 6) is 0.582. The molecule has 3 heterocycles. The van der Waals surface area contributed by atoms with Gasteiger partial charge in [0.1, 0.15) is 6.33 Å². The highest BCUT2D eigenvalue weighted by molar-refractivity contribution is 7.99. The zero-order valence-corrected chi connectivity index (χ0v) is 19.0. The highest BCUT2D eigenvalue weighted by Gasteiger charge is 2.23. The molecule has 7 nitrogen and oxygen atoms in total. The summed E-state index contributed by atoms with van der Waals surface area (Å²) < 4.78 is 2.00. The molecule has 0 spiro atoms. The van der Waals surface area contributed by atoms with Crippen LogP contribution < -0.4 is 0 Å². The second kappa shape index (κ2) is 8.92. The highest BCUT2D eigenvalue weighted by Crippen LogP contribution is 2.26. The largest absolute Gasteiger partial charge is 0.339 e. The van der Waals surface area contributed by atoms with Gasteiger partial charge in [0.15, 0.2) is 5.16 Å². The van der Waals surface area contributed by atoms with Gasteiger partial charge >= 0.3 is 0 Å². The van der Waals surface area contributed by atoms with E-state index in [1.54, 1.807) is 17.7 Å². The Morgan fingerprint density at radius 2 is 1.96 bits per heavy atom. The van der Waals surface area contributed by atoms with Crippen LogP contribution in [0.5, 0.6) is 0 Å². The number of thioether (sulfide) groups is 1. The third-order valence-corrected chi connectivity index (χ3v) is 6.98. The Kier molecular flexibility index (Phi) is 6.77. The van der Waals surface area contributed by atoms with Crippen molar-refractivity contribution >= 4 is 29.0 Å². The molecule has 9 heteroatoms. The Bertz CT molecular complexity index is 786. The van der Waals surface area contributed by atoms with Crippen molar-refractivity contribution in [3.8, 4) is 0 Å². The van der Waals surface area contributed by atoms with E-state index in [1.807, 2.05) is 9.47 Å². The molecule has 1 fully saturated rings. The van der Waals surface area contributed by atoms with Gasteiger partial charge in [0.2, 0.25) is 5.91 Å². The quantitative estimate of drug-likeness (QED) is 0.667. The third kappa shape index (κ3) is 5.33. The van der Waals surface area contributed by atoms with Crippen molar-refractivity contribution in [3.05, 3.63) is 22.4 Å². The van der Waals surface area contributed by atoms with Crippen molar-refractivity contribution in [1.29, 1.82) is 0 Å². The molecule has 0 bridgehead atoms. The molecule has 0 unspecified atom stereocenters. The number of thiazole rings is 1. The van der Waals surface area contributed by atoms with Crippen LogP contribution in [-0.2, 0) is 16.8 Å². The van der Waals surface area contributed by atoms with Gasteiger partial charge in [-0.3, -0.25) is 9.69 Å². The third-order valence-electron chi connectivity index (χ3n) is 4.73. The number of carbonyl (C=O) groups excluding carboxylic acids is 1. The average Bonchev–Trinajstić information content (AvgIpc) is 3.29. The van der Waals surface area contributed by atoms with Crippen molar-refractivity contribution in [2.24, 2.45) is 0 Å². The topological polar surface area (TPSA) is 67.2 Å². The second-order valence-corrected chi connectivity index (χ2v) is 10.3. The molecule has 3 rings (SSSR count). The zero-order valence-electron chi connectivity index (χ0n) is 17.4. The number of piperazine rings is 1. The van der Waals surface area contributed by atoms with Gasteiger partial charge in [0.05, 0.1) is 16.5 Å². The molecule has 154 valence electrons. The van der Waals surface area contributed by atoms with Crippen LogP contribution in [0.25, 0.3) is 0 Å². The van der Waals surface area contributed by atoms with E-state index >= 15 is 0 Å². The number of hydrogen-bond acceptors (Lipinski definition) is 7. The van der Waals surface area contributed by atoms with E-state index in [-0.39, 0.29) is 11.3 Å². The number of aromatic nitrogens is 4. The van der Waals surface area contributed by atoms with E-state index in [0.29, 0.717) is 11.8 Å². The lowest BCUT2D eigenvalue weighted by molar-refractivity contribution is -0.130. The molecule has 0 saturated carbocycles.